The average molecular weight is 241 g/mol. The highest BCUT2D eigenvalue weighted by Gasteiger charge is 2.09. The zero-order valence-corrected chi connectivity index (χ0v) is 10.7. The molecule has 5 heteroatoms. The smallest absolute Gasteiger partial charge is 0.208 e. The number of nitrogens with zero attached hydrogens (tertiary/aromatic N) is 4. The Kier molecular flexibility index (Phi) is 2.33. The summed E-state index contributed by atoms with van der Waals surface area (Å²) in [5.41, 5.74) is 4.05. The zero-order valence-electron chi connectivity index (χ0n) is 10.7. The van der Waals surface area contributed by atoms with Gasteiger partial charge in [-0.1, -0.05) is 12.1 Å². The van der Waals surface area contributed by atoms with Crippen molar-refractivity contribution in [2.24, 2.45) is 14.1 Å². The van der Waals surface area contributed by atoms with Crippen molar-refractivity contribution < 1.29 is 0 Å². The molecule has 0 saturated heterocycles. The van der Waals surface area contributed by atoms with Gasteiger partial charge in [0, 0.05) is 20.3 Å². The molecule has 3 aromatic rings. The summed E-state index contributed by atoms with van der Waals surface area (Å²) >= 11 is 0. The second-order valence-electron chi connectivity index (χ2n) is 4.41. The van der Waals surface area contributed by atoms with Crippen LogP contribution < -0.4 is 5.32 Å². The van der Waals surface area contributed by atoms with Crippen molar-refractivity contribution in [2.75, 3.05) is 5.32 Å². The van der Waals surface area contributed by atoms with E-state index in [1.807, 2.05) is 50.0 Å². The average Bonchev–Trinajstić information content (AvgIpc) is 2.82. The van der Waals surface area contributed by atoms with Crippen LogP contribution in [0.3, 0.4) is 0 Å². The number of fused-ring (bicyclic) bond motifs is 1. The van der Waals surface area contributed by atoms with Gasteiger partial charge in [0.2, 0.25) is 5.95 Å². The number of aromatic nitrogens is 4. The van der Waals surface area contributed by atoms with E-state index < -0.39 is 0 Å². The van der Waals surface area contributed by atoms with Gasteiger partial charge in [-0.25, -0.2) is 4.98 Å². The van der Waals surface area contributed by atoms with Crippen molar-refractivity contribution in [3.05, 3.63) is 36.2 Å². The molecule has 18 heavy (non-hydrogen) atoms. The number of benzene rings is 1. The topological polar surface area (TPSA) is 47.7 Å². The van der Waals surface area contributed by atoms with Crippen LogP contribution in [0.15, 0.2) is 30.5 Å². The number of hydrogen-bond acceptors (Lipinski definition) is 3. The molecule has 0 aliphatic carbocycles. The van der Waals surface area contributed by atoms with Crippen LogP contribution in [0.5, 0.6) is 0 Å². The summed E-state index contributed by atoms with van der Waals surface area (Å²) in [5.74, 6) is 0.826. The molecule has 0 atom stereocenters. The van der Waals surface area contributed by atoms with Crippen LogP contribution in [-0.2, 0) is 14.1 Å². The van der Waals surface area contributed by atoms with Crippen molar-refractivity contribution >= 4 is 22.7 Å². The molecule has 92 valence electrons. The van der Waals surface area contributed by atoms with Gasteiger partial charge in [-0.2, -0.15) is 5.10 Å². The van der Waals surface area contributed by atoms with E-state index in [1.54, 1.807) is 4.68 Å². The van der Waals surface area contributed by atoms with Crippen LogP contribution in [0.1, 0.15) is 5.69 Å². The molecule has 3 rings (SSSR count). The van der Waals surface area contributed by atoms with Gasteiger partial charge in [0.25, 0.3) is 0 Å². The summed E-state index contributed by atoms with van der Waals surface area (Å²) < 4.78 is 3.84. The van der Waals surface area contributed by atoms with Gasteiger partial charge >= 0.3 is 0 Å². The van der Waals surface area contributed by atoms with E-state index in [0.717, 1.165) is 28.4 Å². The third-order valence-electron chi connectivity index (χ3n) is 3.05. The molecule has 0 spiro atoms. The molecule has 0 bridgehead atoms. The van der Waals surface area contributed by atoms with Gasteiger partial charge in [0.1, 0.15) is 0 Å². The lowest BCUT2D eigenvalue weighted by Crippen LogP contribution is -1.99. The third kappa shape index (κ3) is 1.64. The first-order valence-electron chi connectivity index (χ1n) is 5.84. The minimum atomic E-state index is 0.826. The first-order valence-corrected chi connectivity index (χ1v) is 5.84. The quantitative estimate of drug-likeness (QED) is 0.749. The number of rotatable bonds is 2. The van der Waals surface area contributed by atoms with Gasteiger partial charge in [0.15, 0.2) is 0 Å². The molecule has 5 nitrogen and oxygen atoms in total. The van der Waals surface area contributed by atoms with E-state index in [0.29, 0.717) is 0 Å². The molecule has 0 aliphatic rings. The largest absolute Gasteiger partial charge is 0.323 e. The van der Waals surface area contributed by atoms with Gasteiger partial charge in [-0.05, 0) is 19.1 Å². The Balaban J connectivity index is 2.05. The first kappa shape index (κ1) is 10.8. The van der Waals surface area contributed by atoms with E-state index in [1.165, 1.54) is 0 Å². The lowest BCUT2D eigenvalue weighted by molar-refractivity contribution is 0.756. The summed E-state index contributed by atoms with van der Waals surface area (Å²) in [6.07, 6.45) is 1.95. The van der Waals surface area contributed by atoms with E-state index in [-0.39, 0.29) is 0 Å². The first-order chi connectivity index (χ1) is 8.65. The van der Waals surface area contributed by atoms with Crippen molar-refractivity contribution in [3.8, 4) is 0 Å². The molecule has 0 radical (unpaired) electrons. The molecule has 1 aromatic carbocycles. The number of para-hydroxylation sites is 2. The van der Waals surface area contributed by atoms with Gasteiger partial charge in [-0.3, -0.25) is 4.68 Å². The highest BCUT2D eigenvalue weighted by atomic mass is 15.3. The van der Waals surface area contributed by atoms with Gasteiger partial charge in [0.05, 0.1) is 22.4 Å². The van der Waals surface area contributed by atoms with E-state index in [9.17, 15) is 0 Å². The number of nitrogens with one attached hydrogen (secondary N) is 1. The van der Waals surface area contributed by atoms with Crippen LogP contribution in [0.25, 0.3) is 11.0 Å². The minimum absolute atomic E-state index is 0.826. The predicted octanol–water partition coefficient (Wildman–Crippen LogP) is 2.36. The summed E-state index contributed by atoms with van der Waals surface area (Å²) in [6, 6.07) is 8.08. The maximum Gasteiger partial charge on any atom is 0.208 e. The Morgan fingerprint density at radius 1 is 1.17 bits per heavy atom. The fourth-order valence-electron chi connectivity index (χ4n) is 2.10. The van der Waals surface area contributed by atoms with E-state index in [2.05, 4.69) is 21.5 Å². The standard InChI is InChI=1S/C13H15N5/c1-9-11(8-17(2)16-9)15-13-14-10-6-4-5-7-12(10)18(13)3/h4-8H,1-3H3,(H,14,15). The maximum absolute atomic E-state index is 4.57. The summed E-state index contributed by atoms with van der Waals surface area (Å²) in [5, 5.41) is 7.63. The Morgan fingerprint density at radius 2 is 1.94 bits per heavy atom. The predicted molar refractivity (Wildman–Crippen MR) is 71.9 cm³/mol. The normalized spacial score (nSPS) is 11.1. The number of imidazole rings is 1. The van der Waals surface area contributed by atoms with Gasteiger partial charge in [-0.15, -0.1) is 0 Å². The van der Waals surface area contributed by atoms with Crippen molar-refractivity contribution in [1.29, 1.82) is 0 Å². The molecule has 0 amide bonds. The lowest BCUT2D eigenvalue weighted by atomic mass is 10.3. The molecule has 0 fully saturated rings. The minimum Gasteiger partial charge on any atom is -0.323 e. The second kappa shape index (κ2) is 3.87. The number of hydrogen-bond donors (Lipinski definition) is 1. The van der Waals surface area contributed by atoms with Crippen molar-refractivity contribution in [1.82, 2.24) is 19.3 Å². The van der Waals surface area contributed by atoms with Crippen LogP contribution >= 0.6 is 0 Å². The fourth-order valence-corrected chi connectivity index (χ4v) is 2.10. The fraction of sp³-hybridized carbons (Fsp3) is 0.231. The van der Waals surface area contributed by atoms with Crippen molar-refractivity contribution in [3.63, 3.8) is 0 Å². The number of anilines is 2. The van der Waals surface area contributed by atoms with Crippen molar-refractivity contribution in [2.45, 2.75) is 6.92 Å². The Bertz CT molecular complexity index is 707. The Hall–Kier alpha value is -2.30. The molecule has 2 aromatic heterocycles. The summed E-state index contributed by atoms with van der Waals surface area (Å²) in [7, 11) is 3.91. The summed E-state index contributed by atoms with van der Waals surface area (Å²) in [4.78, 5) is 4.57. The van der Waals surface area contributed by atoms with Crippen LogP contribution in [0, 0.1) is 6.92 Å². The monoisotopic (exact) mass is 241 g/mol. The molecule has 0 unspecified atom stereocenters. The van der Waals surface area contributed by atoms with E-state index >= 15 is 0 Å². The Morgan fingerprint density at radius 3 is 2.61 bits per heavy atom. The van der Waals surface area contributed by atoms with Gasteiger partial charge < -0.3 is 9.88 Å². The third-order valence-corrected chi connectivity index (χ3v) is 3.05. The molecule has 0 saturated carbocycles. The molecule has 1 N–H and O–H groups in total. The highest BCUT2D eigenvalue weighted by Crippen LogP contribution is 2.22. The Labute approximate surface area is 105 Å². The molecular formula is C13H15N5. The molecule has 0 aliphatic heterocycles. The lowest BCUT2D eigenvalue weighted by Gasteiger charge is -2.04. The van der Waals surface area contributed by atoms with E-state index in [4.69, 9.17) is 0 Å². The van der Waals surface area contributed by atoms with Crippen LogP contribution in [-0.4, -0.2) is 19.3 Å². The van der Waals surface area contributed by atoms with Crippen LogP contribution in [0.4, 0.5) is 11.6 Å². The SMILES string of the molecule is Cc1nn(C)cc1Nc1nc2ccccc2n1C. The maximum atomic E-state index is 4.57. The van der Waals surface area contributed by atoms with Crippen LogP contribution in [0.2, 0.25) is 0 Å². The zero-order chi connectivity index (χ0) is 12.7. The second-order valence-corrected chi connectivity index (χ2v) is 4.41. The molecular weight excluding hydrogens is 226 g/mol. The number of aryl methyl sites for hydroxylation is 3. The molecule has 2 heterocycles. The highest BCUT2D eigenvalue weighted by molar-refractivity contribution is 5.79. The summed E-state index contributed by atoms with van der Waals surface area (Å²) in [6.45, 7) is 1.98.